The molecular formula is C12H20N2O. The molecule has 0 aromatic rings. The van der Waals surface area contributed by atoms with E-state index in [9.17, 15) is 0 Å². The average Bonchev–Trinajstić information content (AvgIpc) is 2.29. The minimum Gasteiger partial charge on any atom is -0.490 e. The molecular weight excluding hydrogens is 188 g/mol. The third-order valence-electron chi connectivity index (χ3n) is 3.00. The fourth-order valence-corrected chi connectivity index (χ4v) is 2.07. The lowest BCUT2D eigenvalue weighted by Crippen LogP contribution is -2.37. The van der Waals surface area contributed by atoms with Crippen LogP contribution >= 0.6 is 0 Å². The molecule has 3 N–H and O–H groups in total. The number of hydrogen-bond donors (Lipinski definition) is 2. The van der Waals surface area contributed by atoms with Crippen LogP contribution in [0.2, 0.25) is 0 Å². The van der Waals surface area contributed by atoms with Crippen molar-refractivity contribution in [2.24, 2.45) is 5.73 Å². The third kappa shape index (κ3) is 2.99. The van der Waals surface area contributed by atoms with Crippen molar-refractivity contribution in [3.8, 4) is 0 Å². The second-order valence-electron chi connectivity index (χ2n) is 4.26. The zero-order valence-electron chi connectivity index (χ0n) is 9.17. The number of hydrogen-bond acceptors (Lipinski definition) is 3. The molecule has 0 aromatic heterocycles. The van der Waals surface area contributed by atoms with Gasteiger partial charge in [-0.1, -0.05) is 12.5 Å². The summed E-state index contributed by atoms with van der Waals surface area (Å²) in [6.45, 7) is 1.87. The van der Waals surface area contributed by atoms with Crippen LogP contribution in [0.3, 0.4) is 0 Å². The zero-order chi connectivity index (χ0) is 10.5. The van der Waals surface area contributed by atoms with E-state index in [2.05, 4.69) is 11.4 Å². The third-order valence-corrected chi connectivity index (χ3v) is 3.00. The summed E-state index contributed by atoms with van der Waals surface area (Å²) in [5, 5.41) is 3.46. The van der Waals surface area contributed by atoms with E-state index in [-0.39, 0.29) is 0 Å². The maximum atomic E-state index is 5.84. The molecule has 0 bridgehead atoms. The van der Waals surface area contributed by atoms with Crippen LogP contribution in [0.5, 0.6) is 0 Å². The van der Waals surface area contributed by atoms with Crippen LogP contribution in [0.15, 0.2) is 23.6 Å². The van der Waals surface area contributed by atoms with Gasteiger partial charge in [-0.15, -0.1) is 0 Å². The van der Waals surface area contributed by atoms with Crippen molar-refractivity contribution in [3.63, 3.8) is 0 Å². The number of allylic oxidation sites excluding steroid dienone is 2. The van der Waals surface area contributed by atoms with Gasteiger partial charge < -0.3 is 15.8 Å². The van der Waals surface area contributed by atoms with E-state index >= 15 is 0 Å². The highest BCUT2D eigenvalue weighted by atomic mass is 16.5. The van der Waals surface area contributed by atoms with Crippen molar-refractivity contribution < 1.29 is 4.74 Å². The molecule has 1 aliphatic carbocycles. The number of nitrogens with one attached hydrogen (secondary N) is 1. The maximum absolute atomic E-state index is 5.84. The first kappa shape index (κ1) is 10.6. The monoisotopic (exact) mass is 208 g/mol. The average molecular weight is 208 g/mol. The van der Waals surface area contributed by atoms with Crippen molar-refractivity contribution in [1.29, 1.82) is 0 Å². The van der Waals surface area contributed by atoms with Gasteiger partial charge in [-0.2, -0.15) is 0 Å². The second-order valence-corrected chi connectivity index (χ2v) is 4.26. The summed E-state index contributed by atoms with van der Waals surface area (Å²) in [4.78, 5) is 0. The van der Waals surface area contributed by atoms with Gasteiger partial charge in [-0.05, 0) is 38.3 Å². The van der Waals surface area contributed by atoms with Crippen LogP contribution in [0.4, 0.5) is 0 Å². The molecule has 0 radical (unpaired) electrons. The molecule has 15 heavy (non-hydrogen) atoms. The SMILES string of the molecule is NC1=CCCC=C1OC[C@H]1CCCCN1. The van der Waals surface area contributed by atoms with E-state index < -0.39 is 0 Å². The minimum absolute atomic E-state index is 0.509. The van der Waals surface area contributed by atoms with Gasteiger partial charge in [0.25, 0.3) is 0 Å². The number of ether oxygens (including phenoxy) is 1. The quantitative estimate of drug-likeness (QED) is 0.741. The first-order chi connectivity index (χ1) is 7.36. The molecule has 0 amide bonds. The Morgan fingerprint density at radius 1 is 1.33 bits per heavy atom. The Morgan fingerprint density at radius 3 is 2.93 bits per heavy atom. The molecule has 2 aliphatic rings. The van der Waals surface area contributed by atoms with Gasteiger partial charge in [0, 0.05) is 6.04 Å². The van der Waals surface area contributed by atoms with Crippen LogP contribution in [-0.4, -0.2) is 19.2 Å². The Hall–Kier alpha value is -0.960. The Labute approximate surface area is 91.4 Å². The highest BCUT2D eigenvalue weighted by Gasteiger charge is 2.14. The summed E-state index contributed by atoms with van der Waals surface area (Å²) in [5.41, 5.74) is 6.64. The minimum atomic E-state index is 0.509. The molecule has 2 rings (SSSR count). The van der Waals surface area contributed by atoms with Gasteiger partial charge in [0.05, 0.1) is 5.70 Å². The summed E-state index contributed by atoms with van der Waals surface area (Å²) < 4.78 is 5.74. The number of piperidine rings is 1. The zero-order valence-corrected chi connectivity index (χ0v) is 9.17. The van der Waals surface area contributed by atoms with Crippen LogP contribution in [-0.2, 0) is 4.74 Å². The standard InChI is InChI=1S/C12H20N2O/c13-11-6-1-2-7-12(11)15-9-10-5-3-4-8-14-10/h6-7,10,14H,1-5,8-9,13H2/t10-/m1/s1. The molecule has 3 nitrogen and oxygen atoms in total. The van der Waals surface area contributed by atoms with E-state index in [1.54, 1.807) is 0 Å². The second kappa shape index (κ2) is 5.21. The lowest BCUT2D eigenvalue weighted by molar-refractivity contribution is 0.168. The largest absolute Gasteiger partial charge is 0.490 e. The highest BCUT2D eigenvalue weighted by molar-refractivity contribution is 5.25. The summed E-state index contributed by atoms with van der Waals surface area (Å²) in [5.74, 6) is 0.883. The Morgan fingerprint density at radius 2 is 2.20 bits per heavy atom. The topological polar surface area (TPSA) is 47.3 Å². The van der Waals surface area contributed by atoms with Gasteiger partial charge in [0.2, 0.25) is 0 Å². The lowest BCUT2D eigenvalue weighted by atomic mass is 10.1. The van der Waals surface area contributed by atoms with Gasteiger partial charge in [-0.25, -0.2) is 0 Å². The summed E-state index contributed by atoms with van der Waals surface area (Å²) >= 11 is 0. The first-order valence-electron chi connectivity index (χ1n) is 5.88. The van der Waals surface area contributed by atoms with Crippen molar-refractivity contribution in [1.82, 2.24) is 5.32 Å². The van der Waals surface area contributed by atoms with Crippen molar-refractivity contribution >= 4 is 0 Å². The maximum Gasteiger partial charge on any atom is 0.137 e. The van der Waals surface area contributed by atoms with E-state index in [4.69, 9.17) is 10.5 Å². The van der Waals surface area contributed by atoms with Crippen LogP contribution in [0, 0.1) is 0 Å². The summed E-state index contributed by atoms with van der Waals surface area (Å²) in [7, 11) is 0. The van der Waals surface area contributed by atoms with Crippen LogP contribution < -0.4 is 11.1 Å². The molecule has 0 spiro atoms. The van der Waals surface area contributed by atoms with Gasteiger partial charge in [-0.3, -0.25) is 0 Å². The van der Waals surface area contributed by atoms with E-state index in [0.717, 1.165) is 37.4 Å². The van der Waals surface area contributed by atoms with Crippen molar-refractivity contribution in [2.45, 2.75) is 38.1 Å². The van der Waals surface area contributed by atoms with E-state index in [0.29, 0.717) is 6.04 Å². The predicted octanol–water partition coefficient (Wildman–Crippen LogP) is 1.67. The van der Waals surface area contributed by atoms with Crippen LogP contribution in [0.1, 0.15) is 32.1 Å². The molecule has 1 atom stereocenters. The number of nitrogens with two attached hydrogens (primary N) is 1. The molecule has 84 valence electrons. The first-order valence-corrected chi connectivity index (χ1v) is 5.88. The number of rotatable bonds is 3. The summed E-state index contributed by atoms with van der Waals surface area (Å²) in [6.07, 6.45) is 10.1. The van der Waals surface area contributed by atoms with E-state index in [1.165, 1.54) is 19.3 Å². The molecule has 1 fully saturated rings. The Kier molecular flexibility index (Phi) is 3.67. The van der Waals surface area contributed by atoms with Crippen molar-refractivity contribution in [2.75, 3.05) is 13.2 Å². The van der Waals surface area contributed by atoms with Gasteiger partial charge >= 0.3 is 0 Å². The Bertz CT molecular complexity index is 265. The molecule has 1 heterocycles. The van der Waals surface area contributed by atoms with Crippen LogP contribution in [0.25, 0.3) is 0 Å². The lowest BCUT2D eigenvalue weighted by Gasteiger charge is -2.24. The smallest absolute Gasteiger partial charge is 0.137 e. The summed E-state index contributed by atoms with van der Waals surface area (Å²) in [6, 6.07) is 0.509. The molecule has 3 heteroatoms. The van der Waals surface area contributed by atoms with Gasteiger partial charge in [0.1, 0.15) is 12.4 Å². The fraction of sp³-hybridized carbons (Fsp3) is 0.667. The normalized spacial score (nSPS) is 26.8. The molecule has 0 unspecified atom stereocenters. The fourth-order valence-electron chi connectivity index (χ4n) is 2.07. The molecule has 1 aliphatic heterocycles. The predicted molar refractivity (Wildman–Crippen MR) is 61.2 cm³/mol. The Balaban J connectivity index is 1.77. The van der Waals surface area contributed by atoms with E-state index in [1.807, 2.05) is 6.08 Å². The highest BCUT2D eigenvalue weighted by Crippen LogP contribution is 2.17. The molecule has 0 aromatic carbocycles. The van der Waals surface area contributed by atoms with Gasteiger partial charge in [0.15, 0.2) is 0 Å². The molecule has 1 saturated heterocycles. The molecule has 0 saturated carbocycles. The van der Waals surface area contributed by atoms with Crippen molar-refractivity contribution in [3.05, 3.63) is 23.6 Å².